The van der Waals surface area contributed by atoms with Gasteiger partial charge in [-0.2, -0.15) is 0 Å². The first-order valence-corrected chi connectivity index (χ1v) is 9.11. The Hall–Kier alpha value is -3.48. The van der Waals surface area contributed by atoms with Crippen LogP contribution in [-0.4, -0.2) is 38.8 Å². The van der Waals surface area contributed by atoms with Crippen molar-refractivity contribution in [2.24, 2.45) is 0 Å². The van der Waals surface area contributed by atoms with Gasteiger partial charge < -0.3 is 24.3 Å². The van der Waals surface area contributed by atoms with Gasteiger partial charge in [0.2, 0.25) is 0 Å². The van der Waals surface area contributed by atoms with Crippen LogP contribution >= 0.6 is 0 Å². The van der Waals surface area contributed by atoms with Crippen LogP contribution in [0.3, 0.4) is 0 Å². The Morgan fingerprint density at radius 2 is 1.72 bits per heavy atom. The van der Waals surface area contributed by atoms with Crippen LogP contribution in [0.2, 0.25) is 0 Å². The van der Waals surface area contributed by atoms with Gasteiger partial charge in [0.25, 0.3) is 5.91 Å². The lowest BCUT2D eigenvalue weighted by Crippen LogP contribution is -2.29. The van der Waals surface area contributed by atoms with E-state index in [2.05, 4.69) is 5.32 Å². The third-order valence-corrected chi connectivity index (χ3v) is 3.92. The van der Waals surface area contributed by atoms with Crippen LogP contribution in [0.1, 0.15) is 19.4 Å². The molecule has 0 unspecified atom stereocenters. The van der Waals surface area contributed by atoms with Crippen molar-refractivity contribution in [1.82, 2.24) is 0 Å². The van der Waals surface area contributed by atoms with Gasteiger partial charge in [-0.15, -0.1) is 0 Å². The van der Waals surface area contributed by atoms with Gasteiger partial charge in [0.1, 0.15) is 5.75 Å². The summed E-state index contributed by atoms with van der Waals surface area (Å²) in [6.07, 6.45) is 1.91. The van der Waals surface area contributed by atoms with E-state index in [9.17, 15) is 9.59 Å². The van der Waals surface area contributed by atoms with E-state index in [4.69, 9.17) is 18.9 Å². The lowest BCUT2D eigenvalue weighted by atomic mass is 10.2. The maximum Gasteiger partial charge on any atom is 0.331 e. The summed E-state index contributed by atoms with van der Waals surface area (Å²) in [6, 6.07) is 12.2. The maximum absolute atomic E-state index is 12.3. The Morgan fingerprint density at radius 1 is 1.03 bits per heavy atom. The van der Waals surface area contributed by atoms with E-state index in [1.165, 1.54) is 27.2 Å². The summed E-state index contributed by atoms with van der Waals surface area (Å²) in [5, 5.41) is 2.68. The van der Waals surface area contributed by atoms with E-state index in [1.807, 2.05) is 31.2 Å². The van der Waals surface area contributed by atoms with Crippen molar-refractivity contribution < 1.29 is 28.5 Å². The predicted molar refractivity (Wildman–Crippen MR) is 110 cm³/mol. The number of hydrogen-bond acceptors (Lipinski definition) is 6. The lowest BCUT2D eigenvalue weighted by molar-refractivity contribution is -0.148. The van der Waals surface area contributed by atoms with Crippen molar-refractivity contribution >= 4 is 23.6 Å². The quantitative estimate of drug-likeness (QED) is 0.512. The second-order valence-electron chi connectivity index (χ2n) is 5.97. The molecule has 29 heavy (non-hydrogen) atoms. The molecule has 1 atom stereocenters. The highest BCUT2D eigenvalue weighted by Gasteiger charge is 2.17. The van der Waals surface area contributed by atoms with Crippen molar-refractivity contribution in [3.63, 3.8) is 0 Å². The number of anilines is 1. The highest BCUT2D eigenvalue weighted by molar-refractivity contribution is 5.96. The molecule has 2 aromatic rings. The van der Waals surface area contributed by atoms with Crippen molar-refractivity contribution in [1.29, 1.82) is 0 Å². The van der Waals surface area contributed by atoms with Gasteiger partial charge in [-0.1, -0.05) is 12.1 Å². The molecule has 7 nitrogen and oxygen atoms in total. The minimum Gasteiger partial charge on any atom is -0.494 e. The van der Waals surface area contributed by atoms with E-state index < -0.39 is 18.0 Å². The second kappa shape index (κ2) is 10.8. The number of nitrogens with one attached hydrogen (secondary N) is 1. The average molecular weight is 399 g/mol. The topological polar surface area (TPSA) is 83.1 Å². The summed E-state index contributed by atoms with van der Waals surface area (Å²) in [5.74, 6) is 0.708. The fourth-order valence-corrected chi connectivity index (χ4v) is 2.43. The second-order valence-corrected chi connectivity index (χ2v) is 5.97. The fourth-order valence-electron chi connectivity index (χ4n) is 2.43. The maximum atomic E-state index is 12.3. The monoisotopic (exact) mass is 399 g/mol. The van der Waals surface area contributed by atoms with Gasteiger partial charge in [-0.3, -0.25) is 4.79 Å². The van der Waals surface area contributed by atoms with Gasteiger partial charge in [0.15, 0.2) is 17.6 Å². The number of rotatable bonds is 9. The summed E-state index contributed by atoms with van der Waals surface area (Å²) in [4.78, 5) is 24.3. The number of amides is 1. The zero-order valence-electron chi connectivity index (χ0n) is 16.9. The Bertz CT molecular complexity index is 860. The van der Waals surface area contributed by atoms with Crippen LogP contribution in [0.5, 0.6) is 17.2 Å². The van der Waals surface area contributed by atoms with E-state index in [0.717, 1.165) is 11.3 Å². The van der Waals surface area contributed by atoms with Crippen molar-refractivity contribution in [3.8, 4) is 17.2 Å². The molecule has 0 radical (unpaired) electrons. The average Bonchev–Trinajstić information content (AvgIpc) is 2.73. The predicted octanol–water partition coefficient (Wildman–Crippen LogP) is 3.69. The third kappa shape index (κ3) is 6.57. The molecule has 0 aliphatic carbocycles. The molecule has 0 spiro atoms. The zero-order valence-corrected chi connectivity index (χ0v) is 16.9. The SMILES string of the molecule is CCOc1ccc(/C=C/C(=O)O[C@@H](C)C(=O)Nc2ccc(OC)c(OC)c2)cc1. The van der Waals surface area contributed by atoms with Gasteiger partial charge in [-0.05, 0) is 49.8 Å². The van der Waals surface area contributed by atoms with Crippen LogP contribution in [0.15, 0.2) is 48.5 Å². The van der Waals surface area contributed by atoms with Gasteiger partial charge in [-0.25, -0.2) is 4.79 Å². The molecule has 0 bridgehead atoms. The van der Waals surface area contributed by atoms with Crippen LogP contribution < -0.4 is 19.5 Å². The van der Waals surface area contributed by atoms with Gasteiger partial charge >= 0.3 is 5.97 Å². The van der Waals surface area contributed by atoms with Gasteiger partial charge in [0, 0.05) is 17.8 Å². The van der Waals surface area contributed by atoms with Crippen molar-refractivity contribution in [2.45, 2.75) is 20.0 Å². The summed E-state index contributed by atoms with van der Waals surface area (Å²) in [6.45, 7) is 4.00. The number of methoxy groups -OCH3 is 2. The minimum absolute atomic E-state index is 0.458. The number of ether oxygens (including phenoxy) is 4. The molecule has 2 rings (SSSR count). The number of benzene rings is 2. The third-order valence-electron chi connectivity index (χ3n) is 3.92. The molecule has 0 saturated heterocycles. The first kappa shape index (κ1) is 21.8. The van der Waals surface area contributed by atoms with E-state index >= 15 is 0 Å². The molecule has 7 heteroatoms. The molecular weight excluding hydrogens is 374 g/mol. The van der Waals surface area contributed by atoms with Crippen LogP contribution in [-0.2, 0) is 14.3 Å². The molecule has 1 amide bonds. The minimum atomic E-state index is -0.972. The van der Waals surface area contributed by atoms with Crippen molar-refractivity contribution in [2.75, 3.05) is 26.1 Å². The Balaban J connectivity index is 1.90. The van der Waals surface area contributed by atoms with Gasteiger partial charge in [0.05, 0.1) is 20.8 Å². The number of carbonyl (C=O) groups is 2. The molecule has 0 heterocycles. The number of carbonyl (C=O) groups excluding carboxylic acids is 2. The molecule has 0 aliphatic rings. The zero-order chi connectivity index (χ0) is 21.2. The van der Waals surface area contributed by atoms with E-state index in [1.54, 1.807) is 24.3 Å². The molecule has 0 fully saturated rings. The van der Waals surface area contributed by atoms with E-state index in [-0.39, 0.29) is 0 Å². The van der Waals surface area contributed by atoms with Crippen LogP contribution in [0.4, 0.5) is 5.69 Å². The molecule has 1 N–H and O–H groups in total. The molecular formula is C22H25NO6. The first-order valence-electron chi connectivity index (χ1n) is 9.11. The normalized spacial score (nSPS) is 11.6. The summed E-state index contributed by atoms with van der Waals surface area (Å²) in [7, 11) is 3.03. The molecule has 0 saturated carbocycles. The summed E-state index contributed by atoms with van der Waals surface area (Å²) < 4.78 is 20.9. The molecule has 154 valence electrons. The molecule has 0 aliphatic heterocycles. The standard InChI is InChI=1S/C22H25NO6/c1-5-28-18-10-6-16(7-11-18)8-13-21(24)29-15(2)22(25)23-17-9-12-19(26-3)20(14-17)27-4/h6-15H,5H2,1-4H3,(H,23,25)/b13-8+/t15-/m0/s1. The first-order chi connectivity index (χ1) is 14.0. The Labute approximate surface area is 170 Å². The van der Waals surface area contributed by atoms with Crippen LogP contribution in [0.25, 0.3) is 6.08 Å². The van der Waals surface area contributed by atoms with E-state index in [0.29, 0.717) is 23.8 Å². The highest BCUT2D eigenvalue weighted by Crippen LogP contribution is 2.29. The number of esters is 1. The lowest BCUT2D eigenvalue weighted by Gasteiger charge is -2.14. The highest BCUT2D eigenvalue weighted by atomic mass is 16.5. The fraction of sp³-hybridized carbons (Fsp3) is 0.273. The molecule has 2 aromatic carbocycles. The van der Waals surface area contributed by atoms with Crippen molar-refractivity contribution in [3.05, 3.63) is 54.1 Å². The largest absolute Gasteiger partial charge is 0.494 e. The van der Waals surface area contributed by atoms with Crippen LogP contribution in [0, 0.1) is 0 Å². The molecule has 0 aromatic heterocycles. The summed E-state index contributed by atoms with van der Waals surface area (Å²) >= 11 is 0. The Morgan fingerprint density at radius 3 is 2.34 bits per heavy atom. The number of hydrogen-bond donors (Lipinski definition) is 1. The Kier molecular flexibility index (Phi) is 8.09. The smallest absolute Gasteiger partial charge is 0.331 e. The summed E-state index contributed by atoms with van der Waals surface area (Å²) in [5.41, 5.74) is 1.31.